The number of benzene rings is 4. The summed E-state index contributed by atoms with van der Waals surface area (Å²) in [7, 11) is 11.0. The van der Waals surface area contributed by atoms with Gasteiger partial charge in [-0.1, -0.05) is 104 Å². The third kappa shape index (κ3) is 8.33. The Morgan fingerprint density at radius 1 is 0.838 bits per heavy atom. The van der Waals surface area contributed by atoms with Crippen molar-refractivity contribution < 1.29 is 20.8 Å². The number of fused-ring (bicyclic) bond motifs is 4. The van der Waals surface area contributed by atoms with Crippen LogP contribution in [0.25, 0.3) is 33.0 Å². The van der Waals surface area contributed by atoms with Crippen LogP contribution in [0.4, 0.5) is 0 Å². The standard InChI is InChI=1S/C18H17.C13H9.C2H6Si.2ClH.Zr/c1-2-7-14-12-16-10-6-11-17(18(16)13-14)15-8-4-3-5-9-15;1-3-7-12-10(5-1)9-11-6-2-4-8-13(11)12;1-3-2;;;/h3-6,8-13H,2,7H2,1H3;1-5,7-8H,9H2;1-2H3;2*1H;/q2*-1;;;;+4/p-2. The van der Waals surface area contributed by atoms with Gasteiger partial charge in [-0.15, -0.1) is 40.1 Å². The van der Waals surface area contributed by atoms with Gasteiger partial charge in [0, 0.05) is 9.52 Å². The molecule has 5 aromatic rings. The molecule has 0 saturated heterocycles. The monoisotopic (exact) mass is 616 g/mol. The van der Waals surface area contributed by atoms with Crippen LogP contribution in [0.15, 0.2) is 103 Å². The molecule has 2 radical (unpaired) electrons. The molecular weight excluding hydrogens is 587 g/mol. The SMILES string of the molecule is CCCc1cc2c(-c3ccccc3)cccc2[cH-]1.C[Si]C.[Cl][Zr+2][Cl].[c-]1cccc2c1Cc1ccccc1-2. The molecule has 0 unspecified atom stereocenters. The summed E-state index contributed by atoms with van der Waals surface area (Å²) in [5.74, 6) is 0. The van der Waals surface area contributed by atoms with E-state index in [4.69, 9.17) is 17.0 Å². The first-order valence-corrected chi connectivity index (χ1v) is 20.9. The molecule has 6 rings (SSSR count). The maximum absolute atomic E-state index is 4.93. The van der Waals surface area contributed by atoms with Crippen molar-refractivity contribution in [1.29, 1.82) is 0 Å². The van der Waals surface area contributed by atoms with Gasteiger partial charge in [-0.05, 0) is 18.4 Å². The third-order valence-corrected chi connectivity index (χ3v) is 6.05. The Labute approximate surface area is 243 Å². The second-order valence-electron chi connectivity index (χ2n) is 8.76. The summed E-state index contributed by atoms with van der Waals surface area (Å²) < 4.78 is 0. The summed E-state index contributed by atoms with van der Waals surface area (Å²) in [5.41, 5.74) is 9.61. The second-order valence-corrected chi connectivity index (χ2v) is 13.5. The molecule has 1 aliphatic carbocycles. The smallest absolute Gasteiger partial charge is 0.0253 e. The van der Waals surface area contributed by atoms with E-state index in [9.17, 15) is 0 Å². The van der Waals surface area contributed by atoms with E-state index in [2.05, 4.69) is 123 Å². The van der Waals surface area contributed by atoms with Crippen LogP contribution in [0.5, 0.6) is 0 Å². The van der Waals surface area contributed by atoms with Gasteiger partial charge < -0.3 is 0 Å². The average Bonchev–Trinajstić information content (AvgIpc) is 3.52. The number of rotatable bonds is 3. The first kappa shape index (κ1) is 29.7. The minimum Gasteiger partial charge on any atom is -0.179 e. The van der Waals surface area contributed by atoms with Crippen molar-refractivity contribution in [2.45, 2.75) is 39.3 Å². The number of aryl methyl sites for hydroxylation is 1. The van der Waals surface area contributed by atoms with Crippen LogP contribution in [-0.4, -0.2) is 9.52 Å². The largest absolute Gasteiger partial charge is 0.179 e. The van der Waals surface area contributed by atoms with Crippen LogP contribution in [0.2, 0.25) is 13.1 Å². The zero-order chi connectivity index (χ0) is 26.5. The first-order valence-electron chi connectivity index (χ1n) is 12.5. The Balaban J connectivity index is 0.000000175. The fourth-order valence-electron chi connectivity index (χ4n) is 4.60. The molecule has 0 fully saturated rings. The molecule has 0 aromatic heterocycles. The predicted molar refractivity (Wildman–Crippen MR) is 162 cm³/mol. The molecule has 37 heavy (non-hydrogen) atoms. The van der Waals surface area contributed by atoms with Gasteiger partial charge in [-0.2, -0.15) is 35.9 Å². The third-order valence-electron chi connectivity index (χ3n) is 6.05. The van der Waals surface area contributed by atoms with Crippen LogP contribution in [0.1, 0.15) is 30.0 Å². The quantitative estimate of drug-likeness (QED) is 0.137. The molecule has 0 nitrogen and oxygen atoms in total. The minimum absolute atomic E-state index is 0.826. The summed E-state index contributed by atoms with van der Waals surface area (Å²) in [5, 5.41) is 2.74. The van der Waals surface area contributed by atoms with E-state index in [0.29, 0.717) is 0 Å². The van der Waals surface area contributed by atoms with Crippen molar-refractivity contribution in [2.75, 3.05) is 0 Å². The Kier molecular flexibility index (Phi) is 13.0. The number of halogens is 2. The summed E-state index contributed by atoms with van der Waals surface area (Å²) in [6, 6.07) is 40.0. The molecule has 186 valence electrons. The summed E-state index contributed by atoms with van der Waals surface area (Å²) in [6.07, 6.45) is 3.42. The van der Waals surface area contributed by atoms with Crippen LogP contribution in [0.3, 0.4) is 0 Å². The van der Waals surface area contributed by atoms with E-state index < -0.39 is 20.8 Å². The van der Waals surface area contributed by atoms with Gasteiger partial charge in [0.1, 0.15) is 0 Å². The second kappa shape index (κ2) is 16.2. The van der Waals surface area contributed by atoms with E-state index >= 15 is 0 Å². The zero-order valence-corrected chi connectivity index (χ0v) is 26.7. The first-order chi connectivity index (χ1) is 18.2. The van der Waals surface area contributed by atoms with Crippen molar-refractivity contribution in [1.82, 2.24) is 0 Å². The molecule has 5 aromatic carbocycles. The van der Waals surface area contributed by atoms with E-state index in [1.807, 2.05) is 6.07 Å². The van der Waals surface area contributed by atoms with Gasteiger partial charge >= 0.3 is 37.9 Å². The Morgan fingerprint density at radius 2 is 1.49 bits per heavy atom. The fourth-order valence-corrected chi connectivity index (χ4v) is 4.60. The molecule has 0 aliphatic heterocycles. The van der Waals surface area contributed by atoms with E-state index in [-0.39, 0.29) is 0 Å². The van der Waals surface area contributed by atoms with Gasteiger partial charge in [0.05, 0.1) is 0 Å². The van der Waals surface area contributed by atoms with Crippen LogP contribution >= 0.6 is 17.0 Å². The van der Waals surface area contributed by atoms with Crippen molar-refractivity contribution in [3.05, 3.63) is 126 Å². The molecule has 0 saturated carbocycles. The number of hydrogen-bond acceptors (Lipinski definition) is 0. The molecule has 0 spiro atoms. The zero-order valence-electron chi connectivity index (χ0n) is 21.7. The predicted octanol–water partition coefficient (Wildman–Crippen LogP) is 10.4. The van der Waals surface area contributed by atoms with Crippen LogP contribution in [-0.2, 0) is 33.7 Å². The average molecular weight is 619 g/mol. The molecule has 0 atom stereocenters. The summed E-state index contributed by atoms with van der Waals surface area (Å²) in [4.78, 5) is 0. The number of hydrogen-bond donors (Lipinski definition) is 0. The van der Waals surface area contributed by atoms with Gasteiger partial charge in [0.15, 0.2) is 0 Å². The molecule has 1 aliphatic rings. The molecule has 4 heteroatoms. The van der Waals surface area contributed by atoms with E-state index in [0.717, 1.165) is 15.9 Å². The Morgan fingerprint density at radius 3 is 2.22 bits per heavy atom. The van der Waals surface area contributed by atoms with Crippen molar-refractivity contribution in [2.24, 2.45) is 0 Å². The van der Waals surface area contributed by atoms with Gasteiger partial charge in [-0.25, -0.2) is 0 Å². The van der Waals surface area contributed by atoms with E-state index in [1.54, 1.807) is 0 Å². The molecule has 0 amide bonds. The molecule has 0 bridgehead atoms. The van der Waals surface area contributed by atoms with Crippen LogP contribution in [0, 0.1) is 6.07 Å². The van der Waals surface area contributed by atoms with Gasteiger partial charge in [0.2, 0.25) is 0 Å². The van der Waals surface area contributed by atoms with Crippen molar-refractivity contribution in [3.63, 3.8) is 0 Å². The van der Waals surface area contributed by atoms with Crippen molar-refractivity contribution in [3.8, 4) is 22.3 Å². The Bertz CT molecular complexity index is 1320. The molecule has 0 N–H and O–H groups in total. The van der Waals surface area contributed by atoms with Gasteiger partial charge in [-0.3, -0.25) is 0 Å². The fraction of sp³-hybridized carbons (Fsp3) is 0.182. The van der Waals surface area contributed by atoms with E-state index in [1.165, 1.54) is 62.6 Å². The Hall–Kier alpha value is -1.83. The van der Waals surface area contributed by atoms with Crippen LogP contribution < -0.4 is 0 Å². The van der Waals surface area contributed by atoms with Gasteiger partial charge in [0.25, 0.3) is 0 Å². The minimum atomic E-state index is -0.826. The maximum Gasteiger partial charge on any atom is -0.0253 e. The maximum atomic E-state index is 4.93. The molecular formula is C33H32Cl2SiZr. The topological polar surface area (TPSA) is 0 Å². The summed E-state index contributed by atoms with van der Waals surface area (Å²) >= 11 is -0.826. The molecule has 0 heterocycles. The summed E-state index contributed by atoms with van der Waals surface area (Å²) in [6.45, 7) is 6.54. The normalized spacial score (nSPS) is 10.4. The van der Waals surface area contributed by atoms with Crippen molar-refractivity contribution >= 4 is 37.3 Å².